The topological polar surface area (TPSA) is 84.9 Å². The van der Waals surface area contributed by atoms with Crippen LogP contribution in [0.3, 0.4) is 0 Å². The van der Waals surface area contributed by atoms with Gasteiger partial charge in [-0.25, -0.2) is 0 Å². The van der Waals surface area contributed by atoms with Gasteiger partial charge in [-0.15, -0.1) is 0 Å². The second-order valence-electron chi connectivity index (χ2n) is 9.62. The van der Waals surface area contributed by atoms with Crippen molar-refractivity contribution in [2.24, 2.45) is 0 Å². The Hall–Kier alpha value is -2.74. The molecule has 0 aliphatic carbocycles. The molecule has 0 unspecified atom stereocenters. The van der Waals surface area contributed by atoms with Gasteiger partial charge < -0.3 is 25.5 Å². The van der Waals surface area contributed by atoms with Crippen molar-refractivity contribution in [3.63, 3.8) is 0 Å². The molecular formula is C29H44N4O3. The van der Waals surface area contributed by atoms with Crippen molar-refractivity contribution in [3.05, 3.63) is 70.3 Å². The van der Waals surface area contributed by atoms with Crippen molar-refractivity contribution in [2.45, 2.75) is 59.2 Å². The average molecular weight is 497 g/mol. The molecule has 2 aromatic rings. The van der Waals surface area contributed by atoms with E-state index in [1.165, 1.54) is 11.1 Å². The van der Waals surface area contributed by atoms with E-state index in [1.807, 2.05) is 42.1 Å². The molecule has 36 heavy (non-hydrogen) atoms. The number of rotatable bonds is 15. The molecule has 7 nitrogen and oxygen atoms in total. The first-order valence-electron chi connectivity index (χ1n) is 13.1. The van der Waals surface area contributed by atoms with Gasteiger partial charge in [0.05, 0.1) is 6.10 Å². The van der Waals surface area contributed by atoms with Crippen LogP contribution in [-0.4, -0.2) is 73.1 Å². The Balaban J connectivity index is 2.02. The fourth-order valence-electron chi connectivity index (χ4n) is 4.17. The van der Waals surface area contributed by atoms with Gasteiger partial charge >= 0.3 is 0 Å². The number of aliphatic hydroxyl groups excluding tert-OH is 1. The number of benzene rings is 2. The number of nitrogens with one attached hydrogen (secondary N) is 2. The van der Waals surface area contributed by atoms with E-state index in [-0.39, 0.29) is 18.4 Å². The zero-order valence-corrected chi connectivity index (χ0v) is 22.6. The van der Waals surface area contributed by atoms with Crippen LogP contribution < -0.4 is 10.6 Å². The Bertz CT molecular complexity index is 971. The van der Waals surface area contributed by atoms with Crippen LogP contribution in [0.2, 0.25) is 0 Å². The van der Waals surface area contributed by atoms with E-state index < -0.39 is 6.10 Å². The molecule has 0 bridgehead atoms. The Morgan fingerprint density at radius 2 is 1.56 bits per heavy atom. The molecule has 0 spiro atoms. The molecule has 0 aliphatic heterocycles. The third-order valence-electron chi connectivity index (χ3n) is 5.88. The molecule has 2 aromatic carbocycles. The average Bonchev–Trinajstić information content (AvgIpc) is 2.86. The minimum absolute atomic E-state index is 0.0512. The number of aliphatic hydroxyl groups is 1. The highest BCUT2D eigenvalue weighted by Crippen LogP contribution is 2.15. The number of carbonyl (C=O) groups is 2. The monoisotopic (exact) mass is 496 g/mol. The van der Waals surface area contributed by atoms with Crippen LogP contribution in [0, 0.1) is 0 Å². The summed E-state index contributed by atoms with van der Waals surface area (Å²) in [7, 11) is 3.91. The van der Waals surface area contributed by atoms with Crippen LogP contribution in [0.1, 0.15) is 71.0 Å². The van der Waals surface area contributed by atoms with Crippen molar-refractivity contribution in [1.29, 1.82) is 0 Å². The summed E-state index contributed by atoms with van der Waals surface area (Å²) in [6.07, 6.45) is 2.03. The molecule has 7 heteroatoms. The summed E-state index contributed by atoms with van der Waals surface area (Å²) < 4.78 is 0. The SMILES string of the molecule is CCCN(CCC)C(=O)c1cc(CN(C)C)cc(C(=O)NC[C@H](O)CNCc2cccc(CC)c2)c1. The summed E-state index contributed by atoms with van der Waals surface area (Å²) in [6.45, 7) is 9.38. The van der Waals surface area contributed by atoms with Gasteiger partial charge in [-0.2, -0.15) is 0 Å². The summed E-state index contributed by atoms with van der Waals surface area (Å²) in [5.74, 6) is -0.346. The molecule has 2 amide bonds. The summed E-state index contributed by atoms with van der Waals surface area (Å²) in [4.78, 5) is 30.0. The minimum atomic E-state index is -0.723. The Kier molecular flexibility index (Phi) is 12.6. The molecule has 0 aromatic heterocycles. The molecule has 198 valence electrons. The molecule has 3 N–H and O–H groups in total. The standard InChI is InChI=1S/C29H44N4O3/c1-6-12-33(13-7-2)29(36)26-16-24(21-32(4)5)15-25(17-26)28(35)31-20-27(34)19-30-18-23-11-9-10-22(8-3)14-23/h9-11,14-17,27,30,34H,6-8,12-13,18-21H2,1-5H3,(H,31,35)/t27-/m1/s1. The van der Waals surface area contributed by atoms with Crippen molar-refractivity contribution in [1.82, 2.24) is 20.4 Å². The third-order valence-corrected chi connectivity index (χ3v) is 5.88. The van der Waals surface area contributed by atoms with E-state index in [9.17, 15) is 14.7 Å². The molecular weight excluding hydrogens is 452 g/mol. The van der Waals surface area contributed by atoms with Crippen LogP contribution in [0.5, 0.6) is 0 Å². The van der Waals surface area contributed by atoms with Crippen LogP contribution in [0.15, 0.2) is 42.5 Å². The van der Waals surface area contributed by atoms with Gasteiger partial charge in [0.1, 0.15) is 0 Å². The molecule has 1 atom stereocenters. The van der Waals surface area contributed by atoms with E-state index >= 15 is 0 Å². The van der Waals surface area contributed by atoms with Crippen molar-refractivity contribution in [3.8, 4) is 0 Å². The lowest BCUT2D eigenvalue weighted by molar-refractivity contribution is 0.0755. The van der Waals surface area contributed by atoms with E-state index in [1.54, 1.807) is 6.07 Å². The maximum absolute atomic E-state index is 13.2. The first kappa shape index (κ1) is 29.5. The number of hydrogen-bond acceptors (Lipinski definition) is 5. The zero-order valence-electron chi connectivity index (χ0n) is 22.6. The molecule has 0 radical (unpaired) electrons. The lowest BCUT2D eigenvalue weighted by Crippen LogP contribution is -2.38. The predicted octanol–water partition coefficient (Wildman–Crippen LogP) is 3.45. The highest BCUT2D eigenvalue weighted by atomic mass is 16.3. The molecule has 0 heterocycles. The molecule has 2 rings (SSSR count). The van der Waals surface area contributed by atoms with Crippen LogP contribution in [0.25, 0.3) is 0 Å². The largest absolute Gasteiger partial charge is 0.390 e. The van der Waals surface area contributed by atoms with Crippen molar-refractivity contribution >= 4 is 11.8 Å². The van der Waals surface area contributed by atoms with Gasteiger partial charge in [-0.1, -0.05) is 45.0 Å². The second-order valence-corrected chi connectivity index (χ2v) is 9.62. The van der Waals surface area contributed by atoms with Crippen molar-refractivity contribution in [2.75, 3.05) is 40.3 Å². The highest BCUT2D eigenvalue weighted by Gasteiger charge is 2.18. The van der Waals surface area contributed by atoms with E-state index in [0.717, 1.165) is 24.8 Å². The maximum Gasteiger partial charge on any atom is 0.253 e. The van der Waals surface area contributed by atoms with Gasteiger partial charge in [0, 0.05) is 50.4 Å². The minimum Gasteiger partial charge on any atom is -0.390 e. The predicted molar refractivity (Wildman–Crippen MR) is 146 cm³/mol. The van der Waals surface area contributed by atoms with E-state index in [0.29, 0.717) is 43.9 Å². The fourth-order valence-corrected chi connectivity index (χ4v) is 4.17. The quantitative estimate of drug-likeness (QED) is 0.352. The lowest BCUT2D eigenvalue weighted by atomic mass is 10.0. The second kappa shape index (κ2) is 15.4. The molecule has 0 fully saturated rings. The Labute approximate surface area is 216 Å². The normalized spacial score (nSPS) is 12.0. The van der Waals surface area contributed by atoms with Gasteiger partial charge in [0.2, 0.25) is 0 Å². The number of aryl methyl sites for hydroxylation is 1. The Morgan fingerprint density at radius 1 is 0.889 bits per heavy atom. The van der Waals surface area contributed by atoms with Gasteiger partial charge in [-0.05, 0) is 68.2 Å². The lowest BCUT2D eigenvalue weighted by Gasteiger charge is -2.22. The summed E-state index contributed by atoms with van der Waals surface area (Å²) in [5.41, 5.74) is 4.31. The maximum atomic E-state index is 13.2. The molecule has 0 saturated carbocycles. The van der Waals surface area contributed by atoms with Crippen LogP contribution in [-0.2, 0) is 19.5 Å². The van der Waals surface area contributed by atoms with Gasteiger partial charge in [-0.3, -0.25) is 9.59 Å². The van der Waals surface area contributed by atoms with E-state index in [2.05, 4.69) is 49.6 Å². The first-order chi connectivity index (χ1) is 17.3. The number of amides is 2. The van der Waals surface area contributed by atoms with E-state index in [4.69, 9.17) is 0 Å². The number of hydrogen-bond donors (Lipinski definition) is 3. The number of nitrogens with zero attached hydrogens (tertiary/aromatic N) is 2. The van der Waals surface area contributed by atoms with Crippen LogP contribution in [0.4, 0.5) is 0 Å². The zero-order chi connectivity index (χ0) is 26.5. The summed E-state index contributed by atoms with van der Waals surface area (Å²) in [5, 5.41) is 16.5. The smallest absolute Gasteiger partial charge is 0.253 e. The fraction of sp³-hybridized carbons (Fsp3) is 0.517. The van der Waals surface area contributed by atoms with Gasteiger partial charge in [0.25, 0.3) is 11.8 Å². The van der Waals surface area contributed by atoms with Crippen molar-refractivity contribution < 1.29 is 14.7 Å². The molecule has 0 saturated heterocycles. The molecule has 0 aliphatic rings. The van der Waals surface area contributed by atoms with Crippen LogP contribution >= 0.6 is 0 Å². The first-order valence-corrected chi connectivity index (χ1v) is 13.1. The summed E-state index contributed by atoms with van der Waals surface area (Å²) in [6, 6.07) is 13.7. The third kappa shape index (κ3) is 9.72. The summed E-state index contributed by atoms with van der Waals surface area (Å²) >= 11 is 0. The number of carbonyl (C=O) groups excluding carboxylic acids is 2. The Morgan fingerprint density at radius 3 is 2.19 bits per heavy atom. The van der Waals surface area contributed by atoms with Gasteiger partial charge in [0.15, 0.2) is 0 Å². The highest BCUT2D eigenvalue weighted by molar-refractivity contribution is 6.00.